The summed E-state index contributed by atoms with van der Waals surface area (Å²) in [7, 11) is 1.60. The first kappa shape index (κ1) is 15.3. The molecule has 4 heteroatoms. The first-order valence-corrected chi connectivity index (χ1v) is 7.09. The molecule has 3 nitrogen and oxygen atoms in total. The van der Waals surface area contributed by atoms with Crippen molar-refractivity contribution in [2.75, 3.05) is 7.11 Å². The highest BCUT2D eigenvalue weighted by atomic mass is 32.1. The summed E-state index contributed by atoms with van der Waals surface area (Å²) in [5.74, 6) is 1.31. The maximum absolute atomic E-state index is 5.88. The molecule has 0 spiro atoms. The number of hydrogen-bond acceptors (Lipinski definition) is 3. The average Bonchev–Trinajstić information content (AvgIpc) is 2.47. The summed E-state index contributed by atoms with van der Waals surface area (Å²) in [5, 5.41) is 0. The summed E-state index contributed by atoms with van der Waals surface area (Å²) < 4.78 is 11.2. The number of benzene rings is 2. The van der Waals surface area contributed by atoms with Crippen molar-refractivity contribution in [1.82, 2.24) is 0 Å². The Morgan fingerprint density at radius 3 is 2.52 bits per heavy atom. The summed E-state index contributed by atoms with van der Waals surface area (Å²) >= 11 is 4.97. The van der Waals surface area contributed by atoms with Crippen molar-refractivity contribution in [3.63, 3.8) is 0 Å². The lowest BCUT2D eigenvalue weighted by Crippen LogP contribution is -2.09. The number of nitrogens with two attached hydrogens (primary N) is 1. The Bertz CT molecular complexity index is 668. The highest BCUT2D eigenvalue weighted by molar-refractivity contribution is 7.80. The van der Waals surface area contributed by atoms with Crippen molar-refractivity contribution in [2.45, 2.75) is 20.5 Å². The number of methoxy groups -OCH3 is 1. The van der Waals surface area contributed by atoms with E-state index in [9.17, 15) is 0 Å². The van der Waals surface area contributed by atoms with Crippen LogP contribution in [0.4, 0.5) is 0 Å². The van der Waals surface area contributed by atoms with E-state index in [2.05, 4.69) is 32.0 Å². The van der Waals surface area contributed by atoms with Gasteiger partial charge in [0.15, 0.2) is 11.5 Å². The van der Waals surface area contributed by atoms with E-state index < -0.39 is 0 Å². The van der Waals surface area contributed by atoms with Gasteiger partial charge in [0.2, 0.25) is 0 Å². The molecule has 0 saturated carbocycles. The number of rotatable bonds is 5. The molecule has 0 aromatic heterocycles. The van der Waals surface area contributed by atoms with Gasteiger partial charge >= 0.3 is 0 Å². The molecule has 110 valence electrons. The molecule has 0 aliphatic carbocycles. The maximum atomic E-state index is 5.88. The number of ether oxygens (including phenoxy) is 2. The Kier molecular flexibility index (Phi) is 4.81. The monoisotopic (exact) mass is 301 g/mol. The van der Waals surface area contributed by atoms with Crippen LogP contribution in [0.1, 0.15) is 22.3 Å². The molecular formula is C17H19NO2S. The fourth-order valence-corrected chi connectivity index (χ4v) is 2.18. The third-order valence-corrected chi connectivity index (χ3v) is 3.57. The molecule has 2 aromatic rings. The number of hydrogen-bond donors (Lipinski definition) is 1. The Balaban J connectivity index is 2.19. The lowest BCUT2D eigenvalue weighted by Gasteiger charge is -2.13. The Labute approximate surface area is 130 Å². The zero-order valence-corrected chi connectivity index (χ0v) is 13.3. The van der Waals surface area contributed by atoms with Crippen molar-refractivity contribution in [3.8, 4) is 11.5 Å². The van der Waals surface area contributed by atoms with Crippen molar-refractivity contribution >= 4 is 17.2 Å². The summed E-state index contributed by atoms with van der Waals surface area (Å²) in [4.78, 5) is 0.342. The molecule has 0 amide bonds. The van der Waals surface area contributed by atoms with Crippen LogP contribution in [0.5, 0.6) is 11.5 Å². The smallest absolute Gasteiger partial charge is 0.161 e. The van der Waals surface area contributed by atoms with Crippen LogP contribution < -0.4 is 15.2 Å². The normalized spacial score (nSPS) is 10.2. The molecule has 2 rings (SSSR count). The summed E-state index contributed by atoms with van der Waals surface area (Å²) in [6.07, 6.45) is 0. The van der Waals surface area contributed by atoms with E-state index >= 15 is 0 Å². The van der Waals surface area contributed by atoms with Crippen LogP contribution in [0, 0.1) is 13.8 Å². The molecule has 0 atom stereocenters. The van der Waals surface area contributed by atoms with Gasteiger partial charge in [-0.25, -0.2) is 0 Å². The molecule has 0 saturated heterocycles. The van der Waals surface area contributed by atoms with Crippen LogP contribution in [0.15, 0.2) is 36.4 Å². The van der Waals surface area contributed by atoms with Gasteiger partial charge in [0.25, 0.3) is 0 Å². The second kappa shape index (κ2) is 6.59. The fourth-order valence-electron chi connectivity index (χ4n) is 2.05. The van der Waals surface area contributed by atoms with Crippen molar-refractivity contribution in [2.24, 2.45) is 5.73 Å². The topological polar surface area (TPSA) is 44.5 Å². The van der Waals surface area contributed by atoms with Gasteiger partial charge in [-0.15, -0.1) is 0 Å². The van der Waals surface area contributed by atoms with Gasteiger partial charge in [0.1, 0.15) is 11.6 Å². The Morgan fingerprint density at radius 2 is 1.86 bits per heavy atom. The molecular weight excluding hydrogens is 282 g/mol. The minimum atomic E-state index is 0.342. The largest absolute Gasteiger partial charge is 0.493 e. The van der Waals surface area contributed by atoms with Gasteiger partial charge in [-0.2, -0.15) is 0 Å². The summed E-state index contributed by atoms with van der Waals surface area (Å²) in [5.41, 5.74) is 9.98. The van der Waals surface area contributed by atoms with E-state index in [0.29, 0.717) is 23.1 Å². The summed E-state index contributed by atoms with van der Waals surface area (Å²) in [6, 6.07) is 11.8. The average molecular weight is 301 g/mol. The van der Waals surface area contributed by atoms with Crippen LogP contribution in [0.3, 0.4) is 0 Å². The fraction of sp³-hybridized carbons (Fsp3) is 0.235. The van der Waals surface area contributed by atoms with E-state index in [-0.39, 0.29) is 0 Å². The zero-order valence-electron chi connectivity index (χ0n) is 12.5. The van der Waals surface area contributed by atoms with E-state index in [1.54, 1.807) is 13.2 Å². The van der Waals surface area contributed by atoms with Gasteiger partial charge in [-0.05, 0) is 43.2 Å². The van der Waals surface area contributed by atoms with E-state index in [1.165, 1.54) is 11.1 Å². The Hall–Kier alpha value is -2.07. The van der Waals surface area contributed by atoms with Gasteiger partial charge < -0.3 is 15.2 Å². The van der Waals surface area contributed by atoms with Gasteiger partial charge in [-0.1, -0.05) is 36.0 Å². The van der Waals surface area contributed by atoms with Crippen LogP contribution in [0.2, 0.25) is 0 Å². The first-order chi connectivity index (χ1) is 10.0. The van der Waals surface area contributed by atoms with Crippen LogP contribution in [-0.2, 0) is 6.61 Å². The summed E-state index contributed by atoms with van der Waals surface area (Å²) in [6.45, 7) is 4.64. The van der Waals surface area contributed by atoms with Crippen molar-refractivity contribution in [3.05, 3.63) is 58.7 Å². The van der Waals surface area contributed by atoms with Crippen LogP contribution >= 0.6 is 12.2 Å². The quantitative estimate of drug-likeness (QED) is 0.858. The number of aryl methyl sites for hydroxylation is 2. The second-order valence-corrected chi connectivity index (χ2v) is 5.39. The Morgan fingerprint density at radius 1 is 1.10 bits per heavy atom. The second-order valence-electron chi connectivity index (χ2n) is 4.95. The lowest BCUT2D eigenvalue weighted by molar-refractivity contribution is 0.284. The zero-order chi connectivity index (χ0) is 15.4. The molecule has 0 aliphatic heterocycles. The van der Waals surface area contributed by atoms with Crippen LogP contribution in [0.25, 0.3) is 0 Å². The minimum Gasteiger partial charge on any atom is -0.493 e. The van der Waals surface area contributed by atoms with E-state index in [4.69, 9.17) is 27.4 Å². The molecule has 2 N–H and O–H groups in total. The highest BCUT2D eigenvalue weighted by Gasteiger charge is 2.08. The number of thiocarbonyl (C=S) groups is 1. The third-order valence-electron chi connectivity index (χ3n) is 3.34. The van der Waals surface area contributed by atoms with Gasteiger partial charge in [-0.3, -0.25) is 0 Å². The molecule has 2 aromatic carbocycles. The lowest BCUT2D eigenvalue weighted by atomic mass is 10.1. The molecule has 0 radical (unpaired) electrons. The van der Waals surface area contributed by atoms with Gasteiger partial charge in [0.05, 0.1) is 7.11 Å². The highest BCUT2D eigenvalue weighted by Crippen LogP contribution is 2.29. The predicted octanol–water partition coefficient (Wildman–Crippen LogP) is 3.53. The van der Waals surface area contributed by atoms with E-state index in [1.807, 2.05) is 12.1 Å². The van der Waals surface area contributed by atoms with Gasteiger partial charge in [0, 0.05) is 5.56 Å². The predicted molar refractivity (Wildman–Crippen MR) is 89.1 cm³/mol. The molecule has 0 fully saturated rings. The maximum Gasteiger partial charge on any atom is 0.161 e. The minimum absolute atomic E-state index is 0.342. The van der Waals surface area contributed by atoms with E-state index in [0.717, 1.165) is 11.1 Å². The molecule has 0 bridgehead atoms. The first-order valence-electron chi connectivity index (χ1n) is 6.68. The molecule has 0 aliphatic rings. The third kappa shape index (κ3) is 3.73. The SMILES string of the molecule is COc1cc(C(N)=S)ccc1OCc1cc(C)ccc1C. The van der Waals surface area contributed by atoms with Crippen molar-refractivity contribution in [1.29, 1.82) is 0 Å². The van der Waals surface area contributed by atoms with Crippen LogP contribution in [-0.4, -0.2) is 12.1 Å². The molecule has 21 heavy (non-hydrogen) atoms. The van der Waals surface area contributed by atoms with Crippen molar-refractivity contribution < 1.29 is 9.47 Å². The molecule has 0 heterocycles. The molecule has 0 unspecified atom stereocenters. The standard InChI is InChI=1S/C17H19NO2S/c1-11-4-5-12(2)14(8-11)10-20-15-7-6-13(17(18)21)9-16(15)19-3/h4-9H,10H2,1-3H3,(H2,18,21).